The van der Waals surface area contributed by atoms with Crippen molar-refractivity contribution in [1.29, 1.82) is 0 Å². The Hall–Kier alpha value is -1.64. The summed E-state index contributed by atoms with van der Waals surface area (Å²) in [5.74, 6) is 0.836. The van der Waals surface area contributed by atoms with Gasteiger partial charge >= 0.3 is 0 Å². The van der Waals surface area contributed by atoms with Crippen molar-refractivity contribution in [1.82, 2.24) is 9.97 Å². The molecule has 0 aliphatic carbocycles. The molecule has 0 saturated carbocycles. The summed E-state index contributed by atoms with van der Waals surface area (Å²) in [6.07, 6.45) is 5.91. The monoisotopic (exact) mass is 227 g/mol. The van der Waals surface area contributed by atoms with E-state index in [1.807, 2.05) is 13.1 Å². The molecule has 3 nitrogen and oxygen atoms in total. The molecule has 3 rings (SSSR count). The Labute approximate surface area is 101 Å². The van der Waals surface area contributed by atoms with Crippen LogP contribution in [-0.4, -0.2) is 23.1 Å². The van der Waals surface area contributed by atoms with Crippen LogP contribution in [0, 0.1) is 6.92 Å². The third-order valence-corrected chi connectivity index (χ3v) is 3.41. The third kappa shape index (κ3) is 2.09. The normalized spacial score (nSPS) is 16.4. The molecule has 1 aromatic heterocycles. The number of hydrogen-bond donors (Lipinski definition) is 0. The highest BCUT2D eigenvalue weighted by Gasteiger charge is 2.11. The smallest absolute Gasteiger partial charge is 0.125 e. The van der Waals surface area contributed by atoms with Crippen molar-refractivity contribution < 1.29 is 0 Å². The maximum atomic E-state index is 4.43. The van der Waals surface area contributed by atoms with Crippen LogP contribution in [0.2, 0.25) is 0 Å². The molecule has 1 saturated heterocycles. The number of benzene rings is 1. The topological polar surface area (TPSA) is 29.0 Å². The van der Waals surface area contributed by atoms with Crippen LogP contribution in [0.1, 0.15) is 25.1 Å². The standard InChI is InChI=1S/C14H17N3/c1-11-15-10-12-9-13(5-6-14(12)16-11)17-7-3-2-4-8-17/h5-6,9-10H,2-4,7-8H2,1H3. The minimum atomic E-state index is 0.836. The van der Waals surface area contributed by atoms with Crippen LogP contribution in [0.15, 0.2) is 24.4 Å². The molecule has 1 fully saturated rings. The molecular formula is C14H17N3. The van der Waals surface area contributed by atoms with Crippen molar-refractivity contribution in [2.24, 2.45) is 0 Å². The number of aryl methyl sites for hydroxylation is 1. The second kappa shape index (κ2) is 4.32. The molecule has 0 radical (unpaired) electrons. The zero-order chi connectivity index (χ0) is 11.7. The van der Waals surface area contributed by atoms with Crippen LogP contribution in [0.5, 0.6) is 0 Å². The molecule has 3 heteroatoms. The number of rotatable bonds is 1. The van der Waals surface area contributed by atoms with Crippen LogP contribution in [0.3, 0.4) is 0 Å². The summed E-state index contributed by atoms with van der Waals surface area (Å²) in [5.41, 5.74) is 2.35. The molecule has 17 heavy (non-hydrogen) atoms. The lowest BCUT2D eigenvalue weighted by Crippen LogP contribution is -2.29. The fraction of sp³-hybridized carbons (Fsp3) is 0.429. The van der Waals surface area contributed by atoms with Gasteiger partial charge in [-0.25, -0.2) is 9.97 Å². The van der Waals surface area contributed by atoms with Crippen molar-refractivity contribution in [2.75, 3.05) is 18.0 Å². The van der Waals surface area contributed by atoms with Crippen molar-refractivity contribution in [2.45, 2.75) is 26.2 Å². The molecule has 0 bridgehead atoms. The second-order valence-electron chi connectivity index (χ2n) is 4.71. The Morgan fingerprint density at radius 1 is 1.12 bits per heavy atom. The Balaban J connectivity index is 1.98. The Morgan fingerprint density at radius 3 is 2.76 bits per heavy atom. The third-order valence-electron chi connectivity index (χ3n) is 3.41. The van der Waals surface area contributed by atoms with E-state index in [2.05, 4.69) is 33.1 Å². The largest absolute Gasteiger partial charge is 0.372 e. The van der Waals surface area contributed by atoms with Gasteiger partial charge in [0.05, 0.1) is 5.52 Å². The SMILES string of the molecule is Cc1ncc2cc(N3CCCCC3)ccc2n1. The Morgan fingerprint density at radius 2 is 1.94 bits per heavy atom. The number of anilines is 1. The van der Waals surface area contributed by atoms with E-state index in [0.717, 1.165) is 16.7 Å². The van der Waals surface area contributed by atoms with E-state index in [0.29, 0.717) is 0 Å². The molecule has 0 spiro atoms. The number of piperidine rings is 1. The van der Waals surface area contributed by atoms with Gasteiger partial charge in [-0.15, -0.1) is 0 Å². The summed E-state index contributed by atoms with van der Waals surface area (Å²) in [6.45, 7) is 4.29. The van der Waals surface area contributed by atoms with Gasteiger partial charge in [-0.3, -0.25) is 0 Å². The average molecular weight is 227 g/mol. The zero-order valence-electron chi connectivity index (χ0n) is 10.2. The van der Waals surface area contributed by atoms with E-state index in [4.69, 9.17) is 0 Å². The first-order chi connectivity index (χ1) is 8.33. The summed E-state index contributed by atoms with van der Waals surface area (Å²) in [7, 11) is 0. The van der Waals surface area contributed by atoms with E-state index in [-0.39, 0.29) is 0 Å². The molecule has 2 aromatic rings. The maximum Gasteiger partial charge on any atom is 0.125 e. The molecular weight excluding hydrogens is 210 g/mol. The molecule has 0 N–H and O–H groups in total. The summed E-state index contributed by atoms with van der Waals surface area (Å²) in [6, 6.07) is 6.49. The van der Waals surface area contributed by atoms with Crippen molar-refractivity contribution in [3.8, 4) is 0 Å². The number of nitrogens with zero attached hydrogens (tertiary/aromatic N) is 3. The van der Waals surface area contributed by atoms with E-state index >= 15 is 0 Å². The molecule has 88 valence electrons. The molecule has 0 unspecified atom stereocenters. The van der Waals surface area contributed by atoms with Crippen molar-refractivity contribution >= 4 is 16.6 Å². The number of fused-ring (bicyclic) bond motifs is 1. The van der Waals surface area contributed by atoms with Gasteiger partial charge in [0, 0.05) is 30.4 Å². The van der Waals surface area contributed by atoms with Gasteiger partial charge in [-0.2, -0.15) is 0 Å². The van der Waals surface area contributed by atoms with Crippen LogP contribution in [0.4, 0.5) is 5.69 Å². The average Bonchev–Trinajstić information content (AvgIpc) is 2.39. The summed E-state index contributed by atoms with van der Waals surface area (Å²) in [5, 5.41) is 1.14. The van der Waals surface area contributed by atoms with Crippen molar-refractivity contribution in [3.05, 3.63) is 30.2 Å². The Kier molecular flexibility index (Phi) is 2.67. The lowest BCUT2D eigenvalue weighted by Gasteiger charge is -2.28. The fourth-order valence-electron chi connectivity index (χ4n) is 2.46. The first kappa shape index (κ1) is 10.5. The van der Waals surface area contributed by atoms with Gasteiger partial charge in [-0.05, 0) is 44.4 Å². The van der Waals surface area contributed by atoms with Crippen LogP contribution in [0.25, 0.3) is 10.9 Å². The van der Waals surface area contributed by atoms with Gasteiger partial charge in [0.1, 0.15) is 5.82 Å². The van der Waals surface area contributed by atoms with E-state index in [9.17, 15) is 0 Å². The zero-order valence-corrected chi connectivity index (χ0v) is 10.2. The van der Waals surface area contributed by atoms with Crippen molar-refractivity contribution in [3.63, 3.8) is 0 Å². The highest BCUT2D eigenvalue weighted by Crippen LogP contribution is 2.23. The maximum absolute atomic E-state index is 4.43. The summed E-state index contributed by atoms with van der Waals surface area (Å²) >= 11 is 0. The van der Waals surface area contributed by atoms with E-state index in [1.165, 1.54) is 38.0 Å². The summed E-state index contributed by atoms with van der Waals surface area (Å²) in [4.78, 5) is 11.2. The highest BCUT2D eigenvalue weighted by atomic mass is 15.1. The minimum Gasteiger partial charge on any atom is -0.372 e. The predicted molar refractivity (Wildman–Crippen MR) is 70.3 cm³/mol. The van der Waals surface area contributed by atoms with Gasteiger partial charge in [0.25, 0.3) is 0 Å². The second-order valence-corrected chi connectivity index (χ2v) is 4.71. The fourth-order valence-corrected chi connectivity index (χ4v) is 2.46. The molecule has 1 aliphatic heterocycles. The van der Waals surface area contributed by atoms with E-state index < -0.39 is 0 Å². The van der Waals surface area contributed by atoms with Crippen LogP contribution < -0.4 is 4.90 Å². The van der Waals surface area contributed by atoms with Gasteiger partial charge in [0.2, 0.25) is 0 Å². The summed E-state index contributed by atoms with van der Waals surface area (Å²) < 4.78 is 0. The number of hydrogen-bond acceptors (Lipinski definition) is 3. The van der Waals surface area contributed by atoms with Gasteiger partial charge in [-0.1, -0.05) is 0 Å². The van der Waals surface area contributed by atoms with Gasteiger partial charge < -0.3 is 4.90 Å². The van der Waals surface area contributed by atoms with Gasteiger partial charge in [0.15, 0.2) is 0 Å². The van der Waals surface area contributed by atoms with Crippen LogP contribution in [-0.2, 0) is 0 Å². The molecule has 1 aliphatic rings. The highest BCUT2D eigenvalue weighted by molar-refractivity contribution is 5.81. The molecule has 0 amide bonds. The lowest BCUT2D eigenvalue weighted by molar-refractivity contribution is 0.578. The molecule has 0 atom stereocenters. The van der Waals surface area contributed by atoms with E-state index in [1.54, 1.807) is 0 Å². The first-order valence-corrected chi connectivity index (χ1v) is 6.31. The quantitative estimate of drug-likeness (QED) is 0.750. The Bertz CT molecular complexity index is 530. The molecule has 1 aromatic carbocycles. The lowest BCUT2D eigenvalue weighted by atomic mass is 10.1. The number of aromatic nitrogens is 2. The van der Waals surface area contributed by atoms with Crippen LogP contribution >= 0.6 is 0 Å². The molecule has 2 heterocycles. The minimum absolute atomic E-state index is 0.836. The first-order valence-electron chi connectivity index (χ1n) is 6.31. The predicted octanol–water partition coefficient (Wildman–Crippen LogP) is 2.93.